The molecule has 0 amide bonds. The molecule has 0 N–H and O–H groups in total. The summed E-state index contributed by atoms with van der Waals surface area (Å²) in [7, 11) is 4.98. The fourth-order valence-electron chi connectivity index (χ4n) is 1.22. The van der Waals surface area contributed by atoms with Crippen LogP contribution in [0.5, 0.6) is 0 Å². The first-order valence-corrected chi connectivity index (χ1v) is 5.28. The molecule has 0 aliphatic heterocycles. The Kier molecular flexibility index (Phi) is 8.58. The monoisotopic (exact) mass is 226 g/mol. The molecule has 0 saturated heterocycles. The first-order valence-electron chi connectivity index (χ1n) is 5.28. The van der Waals surface area contributed by atoms with Crippen LogP contribution in [0.15, 0.2) is 36.1 Å². The topological polar surface area (TPSA) is 27.7 Å². The Balaban J connectivity index is 4.71. The number of hydrogen-bond acceptors (Lipinski definition) is 3. The second kappa shape index (κ2) is 9.19. The van der Waals surface area contributed by atoms with Crippen LogP contribution in [-0.4, -0.2) is 34.0 Å². The minimum atomic E-state index is -0.0549. The predicted octanol–water partition coefficient (Wildman–Crippen LogP) is 2.70. The molecular formula is C13H22O3. The van der Waals surface area contributed by atoms with Gasteiger partial charge in [-0.15, -0.1) is 0 Å². The van der Waals surface area contributed by atoms with E-state index in [0.717, 1.165) is 17.8 Å². The third kappa shape index (κ3) is 5.73. The van der Waals surface area contributed by atoms with E-state index < -0.39 is 0 Å². The molecule has 0 rings (SSSR count). The van der Waals surface area contributed by atoms with Crippen molar-refractivity contribution in [1.29, 1.82) is 0 Å². The van der Waals surface area contributed by atoms with Crippen LogP contribution >= 0.6 is 0 Å². The van der Waals surface area contributed by atoms with Gasteiger partial charge in [0.25, 0.3) is 0 Å². The van der Waals surface area contributed by atoms with Crippen LogP contribution in [0, 0.1) is 0 Å². The molecule has 0 aromatic carbocycles. The van der Waals surface area contributed by atoms with Gasteiger partial charge in [-0.05, 0) is 25.0 Å². The predicted molar refractivity (Wildman–Crippen MR) is 66.3 cm³/mol. The average Bonchev–Trinajstić information content (AvgIpc) is 2.31. The van der Waals surface area contributed by atoms with Crippen molar-refractivity contribution in [2.24, 2.45) is 0 Å². The number of rotatable bonds is 8. The van der Waals surface area contributed by atoms with E-state index in [2.05, 4.69) is 6.58 Å². The molecule has 0 bridgehead atoms. The summed E-state index contributed by atoms with van der Waals surface area (Å²) in [6, 6.07) is 0. The van der Waals surface area contributed by atoms with E-state index in [1.807, 2.05) is 19.1 Å². The van der Waals surface area contributed by atoms with Crippen LogP contribution in [0.1, 0.15) is 13.3 Å². The van der Waals surface area contributed by atoms with Gasteiger partial charge in [0, 0.05) is 14.2 Å². The molecule has 0 aromatic rings. The summed E-state index contributed by atoms with van der Waals surface area (Å²) >= 11 is 0. The molecule has 1 atom stereocenters. The van der Waals surface area contributed by atoms with Crippen LogP contribution < -0.4 is 0 Å². The lowest BCUT2D eigenvalue weighted by molar-refractivity contribution is 0.0914. The maximum Gasteiger partial charge on any atom is 0.124 e. The molecule has 0 aliphatic rings. The van der Waals surface area contributed by atoms with Gasteiger partial charge in [0.15, 0.2) is 0 Å². The highest BCUT2D eigenvalue weighted by atomic mass is 16.5. The zero-order chi connectivity index (χ0) is 12.4. The Labute approximate surface area is 98.4 Å². The number of methoxy groups -OCH3 is 3. The van der Waals surface area contributed by atoms with Gasteiger partial charge in [-0.25, -0.2) is 0 Å². The zero-order valence-electron chi connectivity index (χ0n) is 10.7. The van der Waals surface area contributed by atoms with Crippen molar-refractivity contribution in [3.63, 3.8) is 0 Å². The Morgan fingerprint density at radius 1 is 1.31 bits per heavy atom. The van der Waals surface area contributed by atoms with Crippen LogP contribution in [0.4, 0.5) is 0 Å². The summed E-state index contributed by atoms with van der Waals surface area (Å²) in [6.45, 7) is 6.30. The van der Waals surface area contributed by atoms with Crippen molar-refractivity contribution >= 4 is 0 Å². The van der Waals surface area contributed by atoms with Gasteiger partial charge in [-0.1, -0.05) is 18.7 Å². The molecule has 0 radical (unpaired) electrons. The van der Waals surface area contributed by atoms with E-state index in [1.165, 1.54) is 0 Å². The molecule has 0 saturated carbocycles. The summed E-state index contributed by atoms with van der Waals surface area (Å²) in [6.07, 6.45) is 6.44. The third-order valence-corrected chi connectivity index (χ3v) is 2.24. The highest BCUT2D eigenvalue weighted by molar-refractivity contribution is 5.26. The molecule has 0 aliphatic carbocycles. The van der Waals surface area contributed by atoms with E-state index in [0.29, 0.717) is 6.61 Å². The summed E-state index contributed by atoms with van der Waals surface area (Å²) in [4.78, 5) is 0. The van der Waals surface area contributed by atoms with Crippen molar-refractivity contribution in [1.82, 2.24) is 0 Å². The third-order valence-electron chi connectivity index (χ3n) is 2.24. The fraction of sp³-hybridized carbons (Fsp3) is 0.538. The Bertz CT molecular complexity index is 254. The Morgan fingerprint density at radius 2 is 2.00 bits per heavy atom. The van der Waals surface area contributed by atoms with Gasteiger partial charge in [-0.3, -0.25) is 0 Å². The van der Waals surface area contributed by atoms with Gasteiger partial charge in [0.05, 0.1) is 13.7 Å². The van der Waals surface area contributed by atoms with Gasteiger partial charge >= 0.3 is 0 Å². The van der Waals surface area contributed by atoms with E-state index in [9.17, 15) is 0 Å². The van der Waals surface area contributed by atoms with E-state index in [4.69, 9.17) is 14.2 Å². The largest absolute Gasteiger partial charge is 0.498 e. The van der Waals surface area contributed by atoms with Crippen molar-refractivity contribution in [2.75, 3.05) is 27.9 Å². The maximum atomic E-state index is 5.28. The van der Waals surface area contributed by atoms with Crippen LogP contribution in [-0.2, 0) is 14.2 Å². The quantitative estimate of drug-likeness (QED) is 0.470. The Hall–Kier alpha value is -1.06. The maximum absolute atomic E-state index is 5.28. The lowest BCUT2D eigenvalue weighted by atomic mass is 10.1. The van der Waals surface area contributed by atoms with Gasteiger partial charge in [-0.2, -0.15) is 0 Å². The van der Waals surface area contributed by atoms with E-state index in [-0.39, 0.29) is 6.10 Å². The molecule has 0 heterocycles. The molecule has 0 aromatic heterocycles. The molecule has 92 valence electrons. The SMILES string of the molecule is C=C/C=C(\C=C(\OC)C(C)OC)CCOC. The first-order chi connectivity index (χ1) is 7.69. The molecule has 3 heteroatoms. The highest BCUT2D eigenvalue weighted by Crippen LogP contribution is 2.13. The lowest BCUT2D eigenvalue weighted by Crippen LogP contribution is -2.10. The van der Waals surface area contributed by atoms with Crippen molar-refractivity contribution < 1.29 is 14.2 Å². The second-order valence-corrected chi connectivity index (χ2v) is 3.35. The second-order valence-electron chi connectivity index (χ2n) is 3.35. The summed E-state index contributed by atoms with van der Waals surface area (Å²) in [5.41, 5.74) is 1.11. The molecular weight excluding hydrogens is 204 g/mol. The summed E-state index contributed by atoms with van der Waals surface area (Å²) < 4.78 is 15.5. The summed E-state index contributed by atoms with van der Waals surface area (Å²) in [5, 5.41) is 0. The van der Waals surface area contributed by atoms with Crippen molar-refractivity contribution in [3.05, 3.63) is 36.1 Å². The molecule has 1 unspecified atom stereocenters. The van der Waals surface area contributed by atoms with Crippen LogP contribution in [0.3, 0.4) is 0 Å². The average molecular weight is 226 g/mol. The first kappa shape index (κ1) is 14.9. The van der Waals surface area contributed by atoms with Gasteiger partial charge < -0.3 is 14.2 Å². The smallest absolute Gasteiger partial charge is 0.124 e. The van der Waals surface area contributed by atoms with Crippen LogP contribution in [0.2, 0.25) is 0 Å². The molecule has 0 spiro atoms. The standard InChI is InChI=1S/C13H22O3/c1-6-7-12(8-9-14-3)10-13(16-5)11(2)15-4/h6-7,10-11H,1,8-9H2,2-5H3/b12-7-,13-10+. The minimum absolute atomic E-state index is 0.0549. The normalized spacial score (nSPS) is 14.8. The van der Waals surface area contributed by atoms with Gasteiger partial charge in [0.2, 0.25) is 0 Å². The van der Waals surface area contributed by atoms with E-state index >= 15 is 0 Å². The van der Waals surface area contributed by atoms with E-state index in [1.54, 1.807) is 27.4 Å². The van der Waals surface area contributed by atoms with Crippen molar-refractivity contribution in [3.8, 4) is 0 Å². The Morgan fingerprint density at radius 3 is 2.44 bits per heavy atom. The molecule has 3 nitrogen and oxygen atoms in total. The van der Waals surface area contributed by atoms with Crippen molar-refractivity contribution in [2.45, 2.75) is 19.4 Å². The molecule has 0 fully saturated rings. The highest BCUT2D eigenvalue weighted by Gasteiger charge is 2.08. The summed E-state index contributed by atoms with van der Waals surface area (Å²) in [5.74, 6) is 0.798. The number of hydrogen-bond donors (Lipinski definition) is 0. The minimum Gasteiger partial charge on any atom is -0.498 e. The number of allylic oxidation sites excluding steroid dienone is 3. The number of ether oxygens (including phenoxy) is 3. The molecule has 16 heavy (non-hydrogen) atoms. The van der Waals surface area contributed by atoms with Crippen LogP contribution in [0.25, 0.3) is 0 Å². The fourth-order valence-corrected chi connectivity index (χ4v) is 1.22. The lowest BCUT2D eigenvalue weighted by Gasteiger charge is -2.14. The van der Waals surface area contributed by atoms with Gasteiger partial charge in [0.1, 0.15) is 11.9 Å². The zero-order valence-corrected chi connectivity index (χ0v) is 10.7.